The van der Waals surface area contributed by atoms with Crippen LogP contribution >= 0.6 is 0 Å². The lowest BCUT2D eigenvalue weighted by atomic mass is 9.90. The first-order chi connectivity index (χ1) is 9.40. The van der Waals surface area contributed by atoms with Gasteiger partial charge >= 0.3 is 0 Å². The Labute approximate surface area is 116 Å². The minimum absolute atomic E-state index is 0.513. The van der Waals surface area contributed by atoms with Crippen molar-refractivity contribution in [3.8, 4) is 5.75 Å². The molecule has 1 aromatic carbocycles. The summed E-state index contributed by atoms with van der Waals surface area (Å²) < 4.78 is 11.4. The van der Waals surface area contributed by atoms with E-state index >= 15 is 0 Å². The summed E-state index contributed by atoms with van der Waals surface area (Å²) in [6.07, 6.45) is 6.80. The van der Waals surface area contributed by atoms with Gasteiger partial charge in [0.15, 0.2) is 0 Å². The maximum absolute atomic E-state index is 5.71. The zero-order valence-corrected chi connectivity index (χ0v) is 11.6. The average Bonchev–Trinajstić information content (AvgIpc) is 2.48. The molecule has 3 heteroatoms. The van der Waals surface area contributed by atoms with Gasteiger partial charge in [0.05, 0.1) is 6.61 Å². The first-order valence-electron chi connectivity index (χ1n) is 7.38. The van der Waals surface area contributed by atoms with E-state index in [1.54, 1.807) is 0 Å². The number of nitrogens with two attached hydrogens (primary N) is 1. The Kier molecular flexibility index (Phi) is 6.18. The fourth-order valence-electron chi connectivity index (χ4n) is 2.63. The Morgan fingerprint density at radius 2 is 1.84 bits per heavy atom. The van der Waals surface area contributed by atoms with Gasteiger partial charge in [0.1, 0.15) is 12.4 Å². The van der Waals surface area contributed by atoms with Crippen molar-refractivity contribution in [2.45, 2.75) is 38.6 Å². The highest BCUT2D eigenvalue weighted by Crippen LogP contribution is 2.23. The van der Waals surface area contributed by atoms with Gasteiger partial charge in [-0.15, -0.1) is 0 Å². The van der Waals surface area contributed by atoms with Crippen molar-refractivity contribution in [1.29, 1.82) is 0 Å². The van der Waals surface area contributed by atoms with Crippen molar-refractivity contribution in [2.24, 2.45) is 11.7 Å². The molecule has 1 aliphatic carbocycles. The van der Waals surface area contributed by atoms with Crippen molar-refractivity contribution >= 4 is 0 Å². The Balaban J connectivity index is 1.61. The van der Waals surface area contributed by atoms with E-state index in [9.17, 15) is 0 Å². The Morgan fingerprint density at radius 1 is 1.05 bits per heavy atom. The van der Waals surface area contributed by atoms with Crippen LogP contribution in [0.2, 0.25) is 0 Å². The van der Waals surface area contributed by atoms with Crippen LogP contribution in [0.4, 0.5) is 0 Å². The third-order valence-corrected chi connectivity index (χ3v) is 3.76. The molecule has 0 atom stereocenters. The van der Waals surface area contributed by atoms with Crippen LogP contribution in [0.15, 0.2) is 24.3 Å². The molecule has 0 radical (unpaired) electrons. The Morgan fingerprint density at radius 3 is 2.63 bits per heavy atom. The second-order valence-corrected chi connectivity index (χ2v) is 5.24. The molecule has 1 fully saturated rings. The van der Waals surface area contributed by atoms with Crippen LogP contribution in [0, 0.1) is 5.92 Å². The van der Waals surface area contributed by atoms with E-state index in [-0.39, 0.29) is 0 Å². The maximum atomic E-state index is 5.71. The van der Waals surface area contributed by atoms with Crippen molar-refractivity contribution in [1.82, 2.24) is 0 Å². The molecular formula is C16H25NO2. The monoisotopic (exact) mass is 263 g/mol. The lowest BCUT2D eigenvalue weighted by Crippen LogP contribution is -2.16. The van der Waals surface area contributed by atoms with E-state index in [0.717, 1.165) is 23.8 Å². The molecule has 2 rings (SSSR count). The van der Waals surface area contributed by atoms with Crippen LogP contribution in [0.1, 0.15) is 37.7 Å². The summed E-state index contributed by atoms with van der Waals surface area (Å²) in [4.78, 5) is 0. The van der Waals surface area contributed by atoms with E-state index in [1.807, 2.05) is 24.3 Å². The van der Waals surface area contributed by atoms with E-state index < -0.39 is 0 Å². The number of ether oxygens (including phenoxy) is 2. The summed E-state index contributed by atoms with van der Waals surface area (Å²) >= 11 is 0. The molecule has 0 bridgehead atoms. The molecule has 0 unspecified atom stereocenters. The lowest BCUT2D eigenvalue weighted by Gasteiger charge is -2.21. The molecule has 0 amide bonds. The highest BCUT2D eigenvalue weighted by molar-refractivity contribution is 5.32. The van der Waals surface area contributed by atoms with Gasteiger partial charge in [0.2, 0.25) is 0 Å². The molecule has 1 aliphatic rings. The van der Waals surface area contributed by atoms with Gasteiger partial charge in [0.25, 0.3) is 0 Å². The van der Waals surface area contributed by atoms with Gasteiger partial charge in [-0.3, -0.25) is 0 Å². The second-order valence-electron chi connectivity index (χ2n) is 5.24. The van der Waals surface area contributed by atoms with Crippen molar-refractivity contribution in [3.05, 3.63) is 29.8 Å². The number of benzene rings is 1. The number of hydrogen-bond donors (Lipinski definition) is 1. The van der Waals surface area contributed by atoms with Crippen molar-refractivity contribution in [2.75, 3.05) is 19.8 Å². The van der Waals surface area contributed by atoms with Gasteiger partial charge in [-0.2, -0.15) is 0 Å². The molecule has 2 N–H and O–H groups in total. The standard InChI is InChI=1S/C16H25NO2/c17-12-15-8-4-5-9-16(15)19-11-10-18-13-14-6-2-1-3-7-14/h4-5,8-9,14H,1-3,6-7,10-13,17H2. The van der Waals surface area contributed by atoms with Crippen LogP contribution in [0.25, 0.3) is 0 Å². The summed E-state index contributed by atoms with van der Waals surface area (Å²) in [5, 5.41) is 0. The normalized spacial score (nSPS) is 16.5. The molecule has 0 heterocycles. The first-order valence-corrected chi connectivity index (χ1v) is 7.38. The van der Waals surface area contributed by atoms with E-state index in [0.29, 0.717) is 19.8 Å². The summed E-state index contributed by atoms with van der Waals surface area (Å²) in [5.41, 5.74) is 6.72. The quantitative estimate of drug-likeness (QED) is 0.769. The molecule has 19 heavy (non-hydrogen) atoms. The van der Waals surface area contributed by atoms with Gasteiger partial charge < -0.3 is 15.2 Å². The van der Waals surface area contributed by atoms with Crippen LogP contribution in [-0.4, -0.2) is 19.8 Å². The Bertz CT molecular complexity index is 362. The van der Waals surface area contributed by atoms with Gasteiger partial charge in [0, 0.05) is 18.7 Å². The molecule has 0 spiro atoms. The average molecular weight is 263 g/mol. The zero-order chi connectivity index (χ0) is 13.3. The number of rotatable bonds is 7. The van der Waals surface area contributed by atoms with E-state index in [1.165, 1.54) is 32.1 Å². The lowest BCUT2D eigenvalue weighted by molar-refractivity contribution is 0.0633. The zero-order valence-electron chi connectivity index (χ0n) is 11.6. The van der Waals surface area contributed by atoms with E-state index in [2.05, 4.69) is 0 Å². The molecule has 0 saturated heterocycles. The van der Waals surface area contributed by atoms with Crippen molar-refractivity contribution < 1.29 is 9.47 Å². The van der Waals surface area contributed by atoms with Gasteiger partial charge in [-0.25, -0.2) is 0 Å². The van der Waals surface area contributed by atoms with Crippen molar-refractivity contribution in [3.63, 3.8) is 0 Å². The van der Waals surface area contributed by atoms with Gasteiger partial charge in [-0.1, -0.05) is 37.5 Å². The topological polar surface area (TPSA) is 44.5 Å². The van der Waals surface area contributed by atoms with E-state index in [4.69, 9.17) is 15.2 Å². The summed E-state index contributed by atoms with van der Waals surface area (Å²) in [5.74, 6) is 1.65. The SMILES string of the molecule is NCc1ccccc1OCCOCC1CCCCC1. The second kappa shape index (κ2) is 8.18. The molecule has 3 nitrogen and oxygen atoms in total. The number of hydrogen-bond acceptors (Lipinski definition) is 3. The van der Waals surface area contributed by atoms with Crippen LogP contribution in [-0.2, 0) is 11.3 Å². The number of para-hydroxylation sites is 1. The van der Waals surface area contributed by atoms with Gasteiger partial charge in [-0.05, 0) is 24.8 Å². The molecule has 0 aromatic heterocycles. The molecule has 1 aromatic rings. The van der Waals surface area contributed by atoms with Crippen LogP contribution in [0.3, 0.4) is 0 Å². The van der Waals surface area contributed by atoms with Crippen LogP contribution in [0.5, 0.6) is 5.75 Å². The maximum Gasteiger partial charge on any atom is 0.123 e. The summed E-state index contributed by atoms with van der Waals surface area (Å²) in [6.45, 7) is 2.67. The molecular weight excluding hydrogens is 238 g/mol. The third kappa shape index (κ3) is 4.84. The minimum atomic E-state index is 0.513. The predicted octanol–water partition coefficient (Wildman–Crippen LogP) is 3.12. The minimum Gasteiger partial charge on any atom is -0.491 e. The fraction of sp³-hybridized carbons (Fsp3) is 0.625. The highest BCUT2D eigenvalue weighted by Gasteiger charge is 2.13. The summed E-state index contributed by atoms with van der Waals surface area (Å²) in [6, 6.07) is 7.91. The van der Waals surface area contributed by atoms with Crippen LogP contribution < -0.4 is 10.5 Å². The molecule has 0 aliphatic heterocycles. The Hall–Kier alpha value is -1.06. The summed E-state index contributed by atoms with van der Waals surface area (Å²) in [7, 11) is 0. The largest absolute Gasteiger partial charge is 0.491 e. The third-order valence-electron chi connectivity index (χ3n) is 3.76. The fourth-order valence-corrected chi connectivity index (χ4v) is 2.63. The molecule has 1 saturated carbocycles. The predicted molar refractivity (Wildman–Crippen MR) is 77.2 cm³/mol. The first kappa shape index (κ1) is 14.4. The smallest absolute Gasteiger partial charge is 0.123 e. The molecule has 106 valence electrons. The highest BCUT2D eigenvalue weighted by atomic mass is 16.5.